The van der Waals surface area contributed by atoms with E-state index >= 15 is 0 Å². The summed E-state index contributed by atoms with van der Waals surface area (Å²) in [5.41, 5.74) is 2.40. The molecule has 29 heavy (non-hydrogen) atoms. The van der Waals surface area contributed by atoms with Crippen molar-refractivity contribution in [2.75, 3.05) is 6.54 Å². The molecule has 0 spiro atoms. The highest BCUT2D eigenvalue weighted by Crippen LogP contribution is 2.23. The van der Waals surface area contributed by atoms with Gasteiger partial charge in [0.05, 0.1) is 12.1 Å². The lowest BCUT2D eigenvalue weighted by Gasteiger charge is -2.26. The molecule has 1 aromatic heterocycles. The quantitative estimate of drug-likeness (QED) is 0.812. The van der Waals surface area contributed by atoms with Gasteiger partial charge < -0.3 is 15.1 Å². The summed E-state index contributed by atoms with van der Waals surface area (Å²) in [4.78, 5) is 27.7. The van der Waals surface area contributed by atoms with Crippen LogP contribution < -0.4 is 0 Å². The molecule has 1 amide bonds. The van der Waals surface area contributed by atoms with Crippen LogP contribution in [0.2, 0.25) is 0 Å². The van der Waals surface area contributed by atoms with Gasteiger partial charge in [0.15, 0.2) is 0 Å². The number of benzene rings is 1. The van der Waals surface area contributed by atoms with Gasteiger partial charge in [0.25, 0.3) is 5.91 Å². The Morgan fingerprint density at radius 1 is 1.14 bits per heavy atom. The van der Waals surface area contributed by atoms with E-state index < -0.39 is 18.2 Å². The molecular formula is C20H21F3N2O4. The van der Waals surface area contributed by atoms with Crippen molar-refractivity contribution in [3.05, 3.63) is 65.5 Å². The van der Waals surface area contributed by atoms with Crippen LogP contribution in [0.25, 0.3) is 0 Å². The van der Waals surface area contributed by atoms with Crippen LogP contribution in [0.3, 0.4) is 0 Å². The van der Waals surface area contributed by atoms with Gasteiger partial charge >= 0.3 is 12.1 Å². The molecule has 1 aliphatic heterocycles. The molecule has 2 heterocycles. The Balaban J connectivity index is 0.000000370. The summed E-state index contributed by atoms with van der Waals surface area (Å²) >= 11 is 0. The van der Waals surface area contributed by atoms with Gasteiger partial charge in [0.1, 0.15) is 5.69 Å². The van der Waals surface area contributed by atoms with E-state index in [1.807, 2.05) is 49.4 Å². The first kappa shape index (κ1) is 22.4. The highest BCUT2D eigenvalue weighted by atomic mass is 19.4. The molecule has 2 atom stereocenters. The maximum Gasteiger partial charge on any atom is 0.490 e. The zero-order valence-electron chi connectivity index (χ0n) is 15.6. The number of alkyl halides is 3. The number of aryl methyl sites for hydroxylation is 1. The van der Waals surface area contributed by atoms with Gasteiger partial charge in [-0.05, 0) is 37.5 Å². The van der Waals surface area contributed by atoms with Crippen molar-refractivity contribution < 1.29 is 33.0 Å². The molecule has 2 N–H and O–H groups in total. The lowest BCUT2D eigenvalue weighted by atomic mass is 10.0. The Morgan fingerprint density at radius 2 is 1.76 bits per heavy atom. The summed E-state index contributed by atoms with van der Waals surface area (Å²) in [7, 11) is 0. The minimum atomic E-state index is -5.08. The molecule has 9 heteroatoms. The molecule has 0 aliphatic carbocycles. The second-order valence-electron chi connectivity index (χ2n) is 6.58. The average Bonchev–Trinajstić information content (AvgIpc) is 3.02. The molecule has 0 bridgehead atoms. The van der Waals surface area contributed by atoms with Gasteiger partial charge in [-0.1, -0.05) is 36.4 Å². The number of likely N-dealkylation sites (tertiary alicyclic amines) is 1. The number of hydrogen-bond acceptors (Lipinski definition) is 4. The summed E-state index contributed by atoms with van der Waals surface area (Å²) in [5, 5.41) is 17.4. The molecule has 1 aliphatic rings. The van der Waals surface area contributed by atoms with Crippen molar-refractivity contribution in [3.63, 3.8) is 0 Å². The fourth-order valence-corrected chi connectivity index (χ4v) is 3.00. The Hall–Kier alpha value is -2.94. The maximum atomic E-state index is 12.7. The largest absolute Gasteiger partial charge is 0.490 e. The number of aromatic nitrogens is 1. The van der Waals surface area contributed by atoms with Crippen molar-refractivity contribution in [2.45, 2.75) is 38.1 Å². The third-order valence-corrected chi connectivity index (χ3v) is 4.41. The van der Waals surface area contributed by atoms with Crippen molar-refractivity contribution in [3.8, 4) is 0 Å². The molecule has 6 nitrogen and oxygen atoms in total. The van der Waals surface area contributed by atoms with E-state index in [4.69, 9.17) is 9.90 Å². The summed E-state index contributed by atoms with van der Waals surface area (Å²) in [6, 6.07) is 15.2. The topological polar surface area (TPSA) is 90.7 Å². The van der Waals surface area contributed by atoms with Crippen LogP contribution >= 0.6 is 0 Å². The number of aliphatic carboxylic acids is 1. The molecule has 1 saturated heterocycles. The molecule has 156 valence electrons. The lowest BCUT2D eigenvalue weighted by Crippen LogP contribution is -2.41. The Morgan fingerprint density at radius 3 is 2.31 bits per heavy atom. The van der Waals surface area contributed by atoms with Crippen molar-refractivity contribution in [1.29, 1.82) is 0 Å². The number of aliphatic hydroxyl groups excluding tert-OH is 1. The van der Waals surface area contributed by atoms with Crippen LogP contribution in [0.4, 0.5) is 13.2 Å². The summed E-state index contributed by atoms with van der Waals surface area (Å²) in [6.45, 7) is 2.45. The fraction of sp³-hybridized carbons (Fsp3) is 0.350. The van der Waals surface area contributed by atoms with E-state index in [1.165, 1.54) is 0 Å². The number of carboxylic acid groups (broad SMARTS) is 1. The SMILES string of the molecule is Cc1cccc(C(=O)N2CC[C@@H](O)[C@@H]2Cc2ccccc2)n1.O=C(O)C(F)(F)F. The predicted octanol–water partition coefficient (Wildman–Crippen LogP) is 2.84. The monoisotopic (exact) mass is 410 g/mol. The third kappa shape index (κ3) is 6.28. The van der Waals surface area contributed by atoms with Crippen LogP contribution in [-0.2, 0) is 11.2 Å². The molecule has 3 rings (SSSR count). The van der Waals surface area contributed by atoms with E-state index in [0.29, 0.717) is 25.1 Å². The molecule has 0 saturated carbocycles. The maximum absolute atomic E-state index is 12.7. The number of carbonyl (C=O) groups is 2. The number of carbonyl (C=O) groups excluding carboxylic acids is 1. The van der Waals surface area contributed by atoms with Crippen LogP contribution in [0.5, 0.6) is 0 Å². The zero-order chi connectivity index (χ0) is 21.6. The van der Waals surface area contributed by atoms with Crippen molar-refractivity contribution in [1.82, 2.24) is 9.88 Å². The molecule has 0 unspecified atom stereocenters. The van der Waals surface area contributed by atoms with Crippen LogP contribution in [0.1, 0.15) is 28.2 Å². The molecule has 0 radical (unpaired) electrons. The number of amides is 1. The Kier molecular flexibility index (Phi) is 7.33. The van der Waals surface area contributed by atoms with Crippen molar-refractivity contribution in [2.24, 2.45) is 0 Å². The normalized spacial score (nSPS) is 18.7. The van der Waals surface area contributed by atoms with Gasteiger partial charge in [0, 0.05) is 12.2 Å². The number of rotatable bonds is 3. The molecule has 2 aromatic rings. The molecule has 1 fully saturated rings. The van der Waals surface area contributed by atoms with Gasteiger partial charge in [0.2, 0.25) is 0 Å². The second-order valence-corrected chi connectivity index (χ2v) is 6.58. The third-order valence-electron chi connectivity index (χ3n) is 4.41. The van der Waals surface area contributed by atoms with E-state index in [9.17, 15) is 23.1 Å². The summed E-state index contributed by atoms with van der Waals surface area (Å²) < 4.78 is 31.7. The molecule has 1 aromatic carbocycles. The standard InChI is InChI=1S/C18H20N2O2.C2HF3O2/c1-13-6-5-9-15(19-13)18(22)20-11-10-17(21)16(20)12-14-7-3-2-4-8-14;3-2(4,5)1(6)7/h2-9,16-17,21H,10-12H2,1H3;(H,6,7)/t16-,17+;/m0./s1. The van der Waals surface area contributed by atoms with E-state index in [1.54, 1.807) is 11.0 Å². The van der Waals surface area contributed by atoms with Gasteiger partial charge in [-0.2, -0.15) is 13.2 Å². The second kappa shape index (κ2) is 9.51. The van der Waals surface area contributed by atoms with E-state index in [-0.39, 0.29) is 11.9 Å². The van der Waals surface area contributed by atoms with Gasteiger partial charge in [-0.25, -0.2) is 9.78 Å². The molecular weight excluding hydrogens is 389 g/mol. The van der Waals surface area contributed by atoms with Gasteiger partial charge in [-0.3, -0.25) is 4.79 Å². The van der Waals surface area contributed by atoms with Crippen LogP contribution in [0.15, 0.2) is 48.5 Å². The fourth-order valence-electron chi connectivity index (χ4n) is 3.00. The first-order chi connectivity index (χ1) is 13.6. The highest BCUT2D eigenvalue weighted by Gasteiger charge is 2.38. The van der Waals surface area contributed by atoms with Crippen LogP contribution in [-0.4, -0.2) is 56.8 Å². The minimum Gasteiger partial charge on any atom is -0.475 e. The summed E-state index contributed by atoms with van der Waals surface area (Å²) in [6.07, 6.45) is -4.27. The number of halogens is 3. The minimum absolute atomic E-state index is 0.0961. The summed E-state index contributed by atoms with van der Waals surface area (Å²) in [5.74, 6) is -2.85. The number of carboxylic acids is 1. The smallest absolute Gasteiger partial charge is 0.475 e. The number of pyridine rings is 1. The predicted molar refractivity (Wildman–Crippen MR) is 98.3 cm³/mol. The van der Waals surface area contributed by atoms with Crippen LogP contribution in [0, 0.1) is 6.92 Å². The number of aliphatic hydroxyl groups is 1. The average molecular weight is 410 g/mol. The zero-order valence-corrected chi connectivity index (χ0v) is 15.6. The Labute approximate surface area is 165 Å². The number of nitrogens with zero attached hydrogens (tertiary/aromatic N) is 2. The van der Waals surface area contributed by atoms with Crippen molar-refractivity contribution >= 4 is 11.9 Å². The van der Waals surface area contributed by atoms with E-state index in [2.05, 4.69) is 4.98 Å². The number of hydrogen-bond donors (Lipinski definition) is 2. The van der Waals surface area contributed by atoms with Gasteiger partial charge in [-0.15, -0.1) is 0 Å². The Bertz CT molecular complexity index is 843. The van der Waals surface area contributed by atoms with E-state index in [0.717, 1.165) is 11.3 Å². The first-order valence-corrected chi connectivity index (χ1v) is 8.86. The lowest BCUT2D eigenvalue weighted by molar-refractivity contribution is -0.192. The first-order valence-electron chi connectivity index (χ1n) is 8.86. The highest BCUT2D eigenvalue weighted by molar-refractivity contribution is 5.92.